The highest BCUT2D eigenvalue weighted by atomic mass is 16.6. The number of allylic oxidation sites excluding steroid dienone is 8. The van der Waals surface area contributed by atoms with Crippen molar-refractivity contribution in [1.29, 1.82) is 0 Å². The van der Waals surface area contributed by atoms with Gasteiger partial charge < -0.3 is 14.2 Å². The van der Waals surface area contributed by atoms with Crippen molar-refractivity contribution in [1.82, 2.24) is 0 Å². The van der Waals surface area contributed by atoms with Gasteiger partial charge in [-0.15, -0.1) is 0 Å². The van der Waals surface area contributed by atoms with Gasteiger partial charge in [0.2, 0.25) is 0 Å². The monoisotopic (exact) mass is 911 g/mol. The SMILES string of the molecule is CC/C=C\C/C=C\C/C=C\CCCCCCCC(=O)OC(COC(=O)CCCCCCC/C=C\CCCCCCC)COC(=O)CCCCCCCCCCCCCCCCCCCC. The second-order valence-electron chi connectivity index (χ2n) is 18.8. The second kappa shape index (κ2) is 54.0. The van der Waals surface area contributed by atoms with E-state index in [0.29, 0.717) is 19.3 Å². The van der Waals surface area contributed by atoms with Crippen LogP contribution in [0.2, 0.25) is 0 Å². The number of hydrogen-bond donors (Lipinski definition) is 0. The first kappa shape index (κ1) is 62.4. The molecule has 0 aliphatic rings. The van der Waals surface area contributed by atoms with Gasteiger partial charge >= 0.3 is 17.9 Å². The number of carbonyl (C=O) groups excluding carboxylic acids is 3. The van der Waals surface area contributed by atoms with E-state index in [9.17, 15) is 14.4 Å². The third kappa shape index (κ3) is 52.2. The van der Waals surface area contributed by atoms with Gasteiger partial charge in [0.05, 0.1) is 0 Å². The Bertz CT molecular complexity index is 1140. The topological polar surface area (TPSA) is 78.9 Å². The summed E-state index contributed by atoms with van der Waals surface area (Å²) >= 11 is 0. The molecule has 0 aromatic rings. The first-order valence-corrected chi connectivity index (χ1v) is 28.1. The van der Waals surface area contributed by atoms with E-state index in [1.165, 1.54) is 148 Å². The molecule has 0 spiro atoms. The molecule has 0 saturated heterocycles. The lowest BCUT2D eigenvalue weighted by Crippen LogP contribution is -2.30. The first-order valence-electron chi connectivity index (χ1n) is 28.1. The van der Waals surface area contributed by atoms with Crippen molar-refractivity contribution >= 4 is 17.9 Å². The molecule has 0 bridgehead atoms. The van der Waals surface area contributed by atoms with Gasteiger partial charge in [-0.2, -0.15) is 0 Å². The van der Waals surface area contributed by atoms with Gasteiger partial charge in [-0.3, -0.25) is 14.4 Å². The van der Waals surface area contributed by atoms with E-state index in [4.69, 9.17) is 14.2 Å². The molecular formula is C59H106O6. The van der Waals surface area contributed by atoms with Crippen LogP contribution >= 0.6 is 0 Å². The van der Waals surface area contributed by atoms with E-state index in [-0.39, 0.29) is 31.1 Å². The molecule has 0 amide bonds. The Morgan fingerprint density at radius 3 is 0.954 bits per heavy atom. The Hall–Kier alpha value is -2.63. The van der Waals surface area contributed by atoms with Crippen molar-refractivity contribution in [3.05, 3.63) is 48.6 Å². The molecule has 0 aliphatic heterocycles. The van der Waals surface area contributed by atoms with Crippen LogP contribution in [-0.4, -0.2) is 37.2 Å². The molecule has 0 aromatic heterocycles. The summed E-state index contributed by atoms with van der Waals surface area (Å²) in [6, 6.07) is 0. The second-order valence-corrected chi connectivity index (χ2v) is 18.8. The minimum absolute atomic E-state index is 0.0799. The average Bonchev–Trinajstić information content (AvgIpc) is 3.30. The molecule has 378 valence electrons. The highest BCUT2D eigenvalue weighted by Crippen LogP contribution is 2.16. The molecule has 6 heteroatoms. The van der Waals surface area contributed by atoms with E-state index in [1.807, 2.05) is 0 Å². The van der Waals surface area contributed by atoms with E-state index >= 15 is 0 Å². The minimum atomic E-state index is -0.783. The summed E-state index contributed by atoms with van der Waals surface area (Å²) in [5.41, 5.74) is 0. The lowest BCUT2D eigenvalue weighted by atomic mass is 10.0. The van der Waals surface area contributed by atoms with E-state index < -0.39 is 6.10 Å². The fraction of sp³-hybridized carbons (Fsp3) is 0.814. The molecule has 65 heavy (non-hydrogen) atoms. The van der Waals surface area contributed by atoms with Crippen LogP contribution in [0.15, 0.2) is 48.6 Å². The summed E-state index contributed by atoms with van der Waals surface area (Å²) in [6.07, 6.45) is 65.3. The van der Waals surface area contributed by atoms with E-state index in [0.717, 1.165) is 103 Å². The Labute approximate surface area is 403 Å². The fourth-order valence-corrected chi connectivity index (χ4v) is 8.10. The number of unbranched alkanes of at least 4 members (excludes halogenated alkanes) is 32. The molecule has 0 aromatic carbocycles. The molecule has 0 saturated carbocycles. The number of ether oxygens (including phenoxy) is 3. The fourth-order valence-electron chi connectivity index (χ4n) is 8.10. The molecular weight excluding hydrogens is 805 g/mol. The third-order valence-electron chi connectivity index (χ3n) is 12.3. The van der Waals surface area contributed by atoms with Crippen LogP contribution in [0.25, 0.3) is 0 Å². The van der Waals surface area contributed by atoms with Gasteiger partial charge in [0.15, 0.2) is 6.10 Å². The molecule has 6 nitrogen and oxygen atoms in total. The quantitative estimate of drug-likeness (QED) is 0.0262. The van der Waals surface area contributed by atoms with Crippen LogP contribution < -0.4 is 0 Å². The molecule has 1 unspecified atom stereocenters. The smallest absolute Gasteiger partial charge is 0.306 e. The van der Waals surface area contributed by atoms with Crippen molar-refractivity contribution < 1.29 is 28.6 Å². The van der Waals surface area contributed by atoms with Crippen molar-refractivity contribution in [2.45, 2.75) is 297 Å². The standard InChI is InChI=1S/C59H106O6/c1-4-7-10-13-16-19-22-25-28-29-30-32-34-37-40-43-46-49-52-58(61)64-55-56(54-63-57(60)51-48-45-42-39-36-33-27-24-21-18-15-12-9-6-3)65-59(62)53-50-47-44-41-38-35-31-26-23-20-17-14-11-8-5-2/h8,11,17,20,24,26-27,31,56H,4-7,9-10,12-16,18-19,21-23,25,28-30,32-55H2,1-3H3/b11-8-,20-17-,27-24-,31-26-. The van der Waals surface area contributed by atoms with Gasteiger partial charge in [0.25, 0.3) is 0 Å². The predicted octanol–water partition coefficient (Wildman–Crippen LogP) is 18.7. The molecule has 0 fully saturated rings. The average molecular weight is 911 g/mol. The summed E-state index contributed by atoms with van der Waals surface area (Å²) in [7, 11) is 0. The normalized spacial score (nSPS) is 12.4. The number of carbonyl (C=O) groups is 3. The van der Waals surface area contributed by atoms with Gasteiger partial charge in [0, 0.05) is 19.3 Å². The Kier molecular flexibility index (Phi) is 51.8. The zero-order valence-corrected chi connectivity index (χ0v) is 43.3. The summed E-state index contributed by atoms with van der Waals surface area (Å²) in [5.74, 6) is -0.893. The van der Waals surface area contributed by atoms with Crippen molar-refractivity contribution in [3.8, 4) is 0 Å². The maximum atomic E-state index is 12.8. The molecule has 0 aliphatic carbocycles. The summed E-state index contributed by atoms with van der Waals surface area (Å²) in [4.78, 5) is 38.1. The summed E-state index contributed by atoms with van der Waals surface area (Å²) in [5, 5.41) is 0. The Morgan fingerprint density at radius 2 is 0.600 bits per heavy atom. The third-order valence-corrected chi connectivity index (χ3v) is 12.3. The van der Waals surface area contributed by atoms with Gasteiger partial charge in [0.1, 0.15) is 13.2 Å². The number of hydrogen-bond acceptors (Lipinski definition) is 6. The lowest BCUT2D eigenvalue weighted by Gasteiger charge is -2.18. The Balaban J connectivity index is 4.36. The van der Waals surface area contributed by atoms with Gasteiger partial charge in [-0.1, -0.05) is 243 Å². The zero-order valence-electron chi connectivity index (χ0n) is 43.3. The maximum absolute atomic E-state index is 12.8. The summed E-state index contributed by atoms with van der Waals surface area (Å²) in [6.45, 7) is 6.53. The van der Waals surface area contributed by atoms with Crippen LogP contribution in [0.4, 0.5) is 0 Å². The van der Waals surface area contributed by atoms with Gasteiger partial charge in [-0.25, -0.2) is 0 Å². The number of esters is 3. The molecule has 0 N–H and O–H groups in total. The van der Waals surface area contributed by atoms with Crippen molar-refractivity contribution in [3.63, 3.8) is 0 Å². The van der Waals surface area contributed by atoms with Crippen molar-refractivity contribution in [2.24, 2.45) is 0 Å². The molecule has 0 radical (unpaired) electrons. The van der Waals surface area contributed by atoms with Crippen LogP contribution in [0, 0.1) is 0 Å². The number of rotatable bonds is 51. The molecule has 0 heterocycles. The first-order chi connectivity index (χ1) is 32.0. The van der Waals surface area contributed by atoms with Crippen LogP contribution in [-0.2, 0) is 28.6 Å². The minimum Gasteiger partial charge on any atom is -0.462 e. The lowest BCUT2D eigenvalue weighted by molar-refractivity contribution is -0.167. The maximum Gasteiger partial charge on any atom is 0.306 e. The molecule has 1 atom stereocenters. The largest absolute Gasteiger partial charge is 0.462 e. The van der Waals surface area contributed by atoms with Gasteiger partial charge in [-0.05, 0) is 77.0 Å². The van der Waals surface area contributed by atoms with Crippen molar-refractivity contribution in [2.75, 3.05) is 13.2 Å². The zero-order chi connectivity index (χ0) is 47.2. The Morgan fingerprint density at radius 1 is 0.323 bits per heavy atom. The van der Waals surface area contributed by atoms with Crippen LogP contribution in [0.1, 0.15) is 290 Å². The highest BCUT2D eigenvalue weighted by Gasteiger charge is 2.19. The van der Waals surface area contributed by atoms with Crippen LogP contribution in [0.3, 0.4) is 0 Å². The van der Waals surface area contributed by atoms with Crippen LogP contribution in [0.5, 0.6) is 0 Å². The highest BCUT2D eigenvalue weighted by molar-refractivity contribution is 5.71. The summed E-state index contributed by atoms with van der Waals surface area (Å²) < 4.78 is 16.8. The molecule has 0 rings (SSSR count). The van der Waals surface area contributed by atoms with E-state index in [2.05, 4.69) is 69.4 Å². The predicted molar refractivity (Wildman–Crippen MR) is 279 cm³/mol. The van der Waals surface area contributed by atoms with E-state index in [1.54, 1.807) is 0 Å².